The van der Waals surface area contributed by atoms with Gasteiger partial charge in [0.2, 0.25) is 0 Å². The van der Waals surface area contributed by atoms with Crippen molar-refractivity contribution in [3.05, 3.63) is 48.6 Å². The Morgan fingerprint density at radius 2 is 0.456 bits per heavy atom. The van der Waals surface area contributed by atoms with E-state index in [-0.39, 0.29) is 31.1 Å². The van der Waals surface area contributed by atoms with Crippen molar-refractivity contribution in [2.75, 3.05) is 13.2 Å². The molecular weight excluding hydrogens is 973 g/mol. The molecule has 0 aliphatic carbocycles. The molecule has 6 heteroatoms. The van der Waals surface area contributed by atoms with Gasteiger partial charge in [0.25, 0.3) is 0 Å². The molecule has 0 amide bonds. The molecule has 0 spiro atoms. The molecule has 0 radical (unpaired) electrons. The monoisotopic (exact) mass is 1110 g/mol. The number of unbranched alkanes of at least 4 members (excludes halogenated alkanes) is 46. The molecule has 1 atom stereocenters. The minimum absolute atomic E-state index is 0.0755. The second-order valence-corrected chi connectivity index (χ2v) is 23.8. The zero-order valence-corrected chi connectivity index (χ0v) is 53.2. The summed E-state index contributed by atoms with van der Waals surface area (Å²) in [6, 6.07) is 0. The maximum absolute atomic E-state index is 12.9. The summed E-state index contributed by atoms with van der Waals surface area (Å²) in [5, 5.41) is 0. The second kappa shape index (κ2) is 67.9. The summed E-state index contributed by atoms with van der Waals surface area (Å²) in [6.07, 6.45) is 85.6. The number of rotatable bonds is 65. The first kappa shape index (κ1) is 76.4. The van der Waals surface area contributed by atoms with Crippen LogP contribution in [0.4, 0.5) is 0 Å². The van der Waals surface area contributed by atoms with Gasteiger partial charge < -0.3 is 14.2 Å². The van der Waals surface area contributed by atoms with Gasteiger partial charge in [0, 0.05) is 19.3 Å². The van der Waals surface area contributed by atoms with Gasteiger partial charge in [-0.15, -0.1) is 0 Å². The predicted octanol–water partition coefficient (Wildman–Crippen LogP) is 24.1. The van der Waals surface area contributed by atoms with Crippen LogP contribution in [0.3, 0.4) is 0 Å². The first-order valence-corrected chi connectivity index (χ1v) is 35.1. The third-order valence-electron chi connectivity index (χ3n) is 15.8. The Balaban J connectivity index is 4.29. The molecule has 0 aromatic carbocycles. The van der Waals surface area contributed by atoms with Gasteiger partial charge in [-0.2, -0.15) is 0 Å². The molecule has 0 aliphatic rings. The van der Waals surface area contributed by atoms with E-state index in [2.05, 4.69) is 69.4 Å². The Morgan fingerprint density at radius 3 is 0.734 bits per heavy atom. The molecule has 0 heterocycles. The summed E-state index contributed by atoms with van der Waals surface area (Å²) < 4.78 is 17.0. The van der Waals surface area contributed by atoms with E-state index in [9.17, 15) is 14.4 Å². The molecule has 0 saturated heterocycles. The molecule has 0 N–H and O–H groups in total. The first-order valence-electron chi connectivity index (χ1n) is 35.1. The van der Waals surface area contributed by atoms with E-state index >= 15 is 0 Å². The number of hydrogen-bond acceptors (Lipinski definition) is 6. The quantitative estimate of drug-likeness (QED) is 0.0261. The lowest BCUT2D eigenvalue weighted by Gasteiger charge is -2.18. The van der Waals surface area contributed by atoms with Crippen LogP contribution in [0, 0.1) is 0 Å². The van der Waals surface area contributed by atoms with Crippen molar-refractivity contribution in [1.82, 2.24) is 0 Å². The summed E-state index contributed by atoms with van der Waals surface area (Å²) in [6.45, 7) is 6.66. The average molecular weight is 1110 g/mol. The molecule has 0 saturated carbocycles. The highest BCUT2D eigenvalue weighted by molar-refractivity contribution is 5.71. The summed E-state index contributed by atoms with van der Waals surface area (Å²) in [4.78, 5) is 38.4. The molecule has 462 valence electrons. The highest BCUT2D eigenvalue weighted by Crippen LogP contribution is 2.18. The first-order chi connectivity index (χ1) is 39.0. The van der Waals surface area contributed by atoms with Crippen LogP contribution in [-0.4, -0.2) is 37.2 Å². The number of allylic oxidation sites excluding steroid dienone is 8. The third kappa shape index (κ3) is 66.1. The fourth-order valence-electron chi connectivity index (χ4n) is 10.5. The Kier molecular flexibility index (Phi) is 65.6. The SMILES string of the molecule is CCCCC/C=C\C/C=C\CCCCCCCC(=O)OCC(COC(=O)CCCCCCCCCCCCCCC/C=C\CCCCCCCCCC)OC(=O)CCCCCCCCCCC/C=C\CCCCCCCCCC. The summed E-state index contributed by atoms with van der Waals surface area (Å²) in [7, 11) is 0. The minimum atomic E-state index is -0.781. The van der Waals surface area contributed by atoms with E-state index in [0.717, 1.165) is 77.0 Å². The Morgan fingerprint density at radius 1 is 0.253 bits per heavy atom. The molecule has 0 bridgehead atoms. The van der Waals surface area contributed by atoms with Gasteiger partial charge in [0.15, 0.2) is 6.10 Å². The maximum atomic E-state index is 12.9. The van der Waals surface area contributed by atoms with Crippen LogP contribution in [0.2, 0.25) is 0 Å². The van der Waals surface area contributed by atoms with Gasteiger partial charge in [-0.3, -0.25) is 14.4 Å². The van der Waals surface area contributed by atoms with Crippen molar-refractivity contribution in [1.29, 1.82) is 0 Å². The number of hydrogen-bond donors (Lipinski definition) is 0. The lowest BCUT2D eigenvalue weighted by Crippen LogP contribution is -2.30. The van der Waals surface area contributed by atoms with Gasteiger partial charge in [0.05, 0.1) is 0 Å². The number of esters is 3. The standard InChI is InChI=1S/C73H134O6/c1-4-7-10-13-16-19-22-25-28-30-32-34-35-36-37-39-40-42-45-48-51-54-57-60-63-66-72(75)78-69-70(68-77-71(74)65-62-59-56-53-50-47-44-27-24-21-18-15-12-9-6-3)79-73(76)67-64-61-58-55-52-49-46-43-41-38-33-31-29-26-23-20-17-14-11-8-5-2/h18,21,27,30-33,44,70H,4-17,19-20,22-26,28-29,34-43,45-69H2,1-3H3/b21-18-,32-30-,33-31-,44-27-. The molecule has 0 rings (SSSR count). The van der Waals surface area contributed by atoms with Crippen molar-refractivity contribution in [2.45, 2.75) is 386 Å². The molecule has 0 fully saturated rings. The molecular formula is C73H134O6. The molecule has 1 unspecified atom stereocenters. The van der Waals surface area contributed by atoms with Gasteiger partial charge >= 0.3 is 17.9 Å². The highest BCUT2D eigenvalue weighted by atomic mass is 16.6. The minimum Gasteiger partial charge on any atom is -0.462 e. The Hall–Kier alpha value is -2.63. The molecule has 0 aliphatic heterocycles. The topological polar surface area (TPSA) is 78.9 Å². The highest BCUT2D eigenvalue weighted by Gasteiger charge is 2.19. The summed E-state index contributed by atoms with van der Waals surface area (Å²) in [5.41, 5.74) is 0. The Labute approximate surface area is 492 Å². The van der Waals surface area contributed by atoms with Crippen molar-refractivity contribution in [3.8, 4) is 0 Å². The summed E-state index contributed by atoms with van der Waals surface area (Å²) in [5.74, 6) is -0.868. The molecule has 0 aromatic rings. The van der Waals surface area contributed by atoms with Crippen molar-refractivity contribution in [3.63, 3.8) is 0 Å². The molecule has 6 nitrogen and oxygen atoms in total. The van der Waals surface area contributed by atoms with Gasteiger partial charge in [-0.05, 0) is 103 Å². The van der Waals surface area contributed by atoms with Crippen LogP contribution in [0.5, 0.6) is 0 Å². The van der Waals surface area contributed by atoms with Gasteiger partial charge in [-0.1, -0.05) is 307 Å². The molecule has 0 aromatic heterocycles. The van der Waals surface area contributed by atoms with Crippen LogP contribution in [0.15, 0.2) is 48.6 Å². The van der Waals surface area contributed by atoms with E-state index in [0.29, 0.717) is 19.3 Å². The van der Waals surface area contributed by atoms with Crippen LogP contribution >= 0.6 is 0 Å². The van der Waals surface area contributed by atoms with Crippen LogP contribution < -0.4 is 0 Å². The Bertz CT molecular complexity index is 1360. The number of ether oxygens (including phenoxy) is 3. The van der Waals surface area contributed by atoms with Crippen LogP contribution in [0.25, 0.3) is 0 Å². The normalized spacial score (nSPS) is 12.3. The maximum Gasteiger partial charge on any atom is 0.306 e. The van der Waals surface area contributed by atoms with Crippen molar-refractivity contribution < 1.29 is 28.6 Å². The van der Waals surface area contributed by atoms with Crippen molar-refractivity contribution in [2.24, 2.45) is 0 Å². The largest absolute Gasteiger partial charge is 0.462 e. The summed E-state index contributed by atoms with van der Waals surface area (Å²) >= 11 is 0. The van der Waals surface area contributed by atoms with E-state index in [1.54, 1.807) is 0 Å². The van der Waals surface area contributed by atoms with Crippen LogP contribution in [0.1, 0.15) is 380 Å². The van der Waals surface area contributed by atoms with E-state index in [1.165, 1.54) is 263 Å². The van der Waals surface area contributed by atoms with Crippen LogP contribution in [-0.2, 0) is 28.6 Å². The number of carbonyl (C=O) groups excluding carboxylic acids is 3. The lowest BCUT2D eigenvalue weighted by molar-refractivity contribution is -0.167. The number of carbonyl (C=O) groups is 3. The van der Waals surface area contributed by atoms with E-state index in [1.807, 2.05) is 0 Å². The predicted molar refractivity (Wildman–Crippen MR) is 344 cm³/mol. The van der Waals surface area contributed by atoms with E-state index < -0.39 is 6.10 Å². The van der Waals surface area contributed by atoms with Crippen molar-refractivity contribution >= 4 is 17.9 Å². The van der Waals surface area contributed by atoms with Gasteiger partial charge in [-0.25, -0.2) is 0 Å². The van der Waals surface area contributed by atoms with Gasteiger partial charge in [0.1, 0.15) is 13.2 Å². The zero-order valence-electron chi connectivity index (χ0n) is 53.2. The fraction of sp³-hybridized carbons (Fsp3) is 0.849. The average Bonchev–Trinajstić information content (AvgIpc) is 3.45. The molecule has 79 heavy (non-hydrogen) atoms. The second-order valence-electron chi connectivity index (χ2n) is 23.8. The lowest BCUT2D eigenvalue weighted by atomic mass is 10.0. The third-order valence-corrected chi connectivity index (χ3v) is 15.8. The smallest absolute Gasteiger partial charge is 0.306 e. The van der Waals surface area contributed by atoms with E-state index in [4.69, 9.17) is 14.2 Å². The fourth-order valence-corrected chi connectivity index (χ4v) is 10.5. The zero-order chi connectivity index (χ0) is 57.1.